The van der Waals surface area contributed by atoms with E-state index in [4.69, 9.17) is 22.1 Å². The second kappa shape index (κ2) is 5.20. The molecule has 1 heterocycles. The summed E-state index contributed by atoms with van der Waals surface area (Å²) in [5.74, 6) is 0.285. The molecule has 0 unspecified atom stereocenters. The highest BCUT2D eigenvalue weighted by Crippen LogP contribution is 2.35. The molecule has 0 amide bonds. The summed E-state index contributed by atoms with van der Waals surface area (Å²) in [6.07, 6.45) is -3.83. The van der Waals surface area contributed by atoms with Crippen molar-refractivity contribution < 1.29 is 17.9 Å². The van der Waals surface area contributed by atoms with E-state index in [0.29, 0.717) is 17.6 Å². The zero-order chi connectivity index (χ0) is 14.9. The number of hydrogen-bond acceptors (Lipinski definition) is 3. The quantitative estimate of drug-likeness (QED) is 0.834. The van der Waals surface area contributed by atoms with Gasteiger partial charge in [-0.2, -0.15) is 13.2 Å². The molecule has 2 aromatic rings. The van der Waals surface area contributed by atoms with Crippen LogP contribution in [0.25, 0.3) is 0 Å². The van der Waals surface area contributed by atoms with E-state index in [-0.39, 0.29) is 10.9 Å². The molecule has 0 radical (unpaired) electrons. The SMILES string of the molecule is Cc1ccc(N)cc1Oc1ncc(C(F)(F)F)cc1Cl. The van der Waals surface area contributed by atoms with E-state index in [0.717, 1.165) is 11.6 Å². The van der Waals surface area contributed by atoms with Crippen LogP contribution in [-0.4, -0.2) is 4.98 Å². The van der Waals surface area contributed by atoms with Crippen LogP contribution >= 0.6 is 11.6 Å². The topological polar surface area (TPSA) is 48.1 Å². The Morgan fingerprint density at radius 2 is 1.95 bits per heavy atom. The van der Waals surface area contributed by atoms with Gasteiger partial charge in [-0.05, 0) is 24.6 Å². The van der Waals surface area contributed by atoms with E-state index >= 15 is 0 Å². The molecule has 0 aliphatic carbocycles. The molecule has 2 rings (SSSR count). The summed E-state index contributed by atoms with van der Waals surface area (Å²) in [4.78, 5) is 3.60. The molecule has 0 bridgehead atoms. The van der Waals surface area contributed by atoms with E-state index in [9.17, 15) is 13.2 Å². The lowest BCUT2D eigenvalue weighted by Crippen LogP contribution is -2.06. The molecule has 2 N–H and O–H groups in total. The van der Waals surface area contributed by atoms with Crippen molar-refractivity contribution in [3.8, 4) is 11.6 Å². The average molecular weight is 303 g/mol. The number of anilines is 1. The number of halogens is 4. The van der Waals surface area contributed by atoms with E-state index in [1.165, 1.54) is 0 Å². The number of benzene rings is 1. The van der Waals surface area contributed by atoms with Gasteiger partial charge in [-0.1, -0.05) is 17.7 Å². The number of hydrogen-bond donors (Lipinski definition) is 1. The molecule has 20 heavy (non-hydrogen) atoms. The van der Waals surface area contributed by atoms with Crippen LogP contribution < -0.4 is 10.5 Å². The van der Waals surface area contributed by atoms with Gasteiger partial charge in [0.1, 0.15) is 10.8 Å². The first kappa shape index (κ1) is 14.5. The van der Waals surface area contributed by atoms with E-state index in [1.807, 2.05) is 0 Å². The largest absolute Gasteiger partial charge is 0.437 e. The maximum absolute atomic E-state index is 12.5. The van der Waals surface area contributed by atoms with Gasteiger partial charge in [-0.15, -0.1) is 0 Å². The second-order valence-electron chi connectivity index (χ2n) is 4.14. The van der Waals surface area contributed by atoms with Crippen LogP contribution in [0.4, 0.5) is 18.9 Å². The molecule has 0 saturated heterocycles. The van der Waals surface area contributed by atoms with Crippen LogP contribution in [0.2, 0.25) is 5.02 Å². The molecule has 0 spiro atoms. The molecule has 0 saturated carbocycles. The molecule has 7 heteroatoms. The highest BCUT2D eigenvalue weighted by atomic mass is 35.5. The predicted molar refractivity (Wildman–Crippen MR) is 69.9 cm³/mol. The summed E-state index contributed by atoms with van der Waals surface area (Å²) in [6, 6.07) is 5.73. The normalized spacial score (nSPS) is 11.4. The van der Waals surface area contributed by atoms with Crippen LogP contribution in [0.15, 0.2) is 30.5 Å². The van der Waals surface area contributed by atoms with Gasteiger partial charge in [-0.3, -0.25) is 0 Å². The fourth-order valence-electron chi connectivity index (χ4n) is 1.49. The van der Waals surface area contributed by atoms with Gasteiger partial charge < -0.3 is 10.5 Å². The maximum Gasteiger partial charge on any atom is 0.417 e. The second-order valence-corrected chi connectivity index (χ2v) is 4.54. The Labute approximate surface area is 118 Å². The summed E-state index contributed by atoms with van der Waals surface area (Å²) < 4.78 is 42.9. The number of aromatic nitrogens is 1. The molecule has 0 fully saturated rings. The van der Waals surface area contributed by atoms with Crippen LogP contribution in [-0.2, 0) is 6.18 Å². The Kier molecular flexibility index (Phi) is 3.76. The number of nitrogens with two attached hydrogens (primary N) is 1. The molecule has 1 aromatic heterocycles. The van der Waals surface area contributed by atoms with Crippen molar-refractivity contribution in [2.45, 2.75) is 13.1 Å². The van der Waals surface area contributed by atoms with Crippen LogP contribution in [0.1, 0.15) is 11.1 Å². The summed E-state index contributed by atoms with van der Waals surface area (Å²) in [5.41, 5.74) is 5.91. The number of nitrogens with zero attached hydrogens (tertiary/aromatic N) is 1. The van der Waals surface area contributed by atoms with Crippen molar-refractivity contribution in [1.82, 2.24) is 4.98 Å². The lowest BCUT2D eigenvalue weighted by atomic mass is 10.2. The van der Waals surface area contributed by atoms with Gasteiger partial charge in [-0.25, -0.2) is 4.98 Å². The Hall–Kier alpha value is -1.95. The maximum atomic E-state index is 12.5. The summed E-state index contributed by atoms with van der Waals surface area (Å²) in [6.45, 7) is 1.77. The highest BCUT2D eigenvalue weighted by Gasteiger charge is 2.31. The minimum absolute atomic E-state index is 0.103. The summed E-state index contributed by atoms with van der Waals surface area (Å²) in [5, 5.41) is -0.221. The fraction of sp³-hybridized carbons (Fsp3) is 0.154. The van der Waals surface area contributed by atoms with Crippen LogP contribution in [0.5, 0.6) is 11.6 Å². The molecule has 0 atom stereocenters. The van der Waals surface area contributed by atoms with Crippen molar-refractivity contribution in [1.29, 1.82) is 0 Å². The van der Waals surface area contributed by atoms with E-state index in [2.05, 4.69) is 4.98 Å². The van der Waals surface area contributed by atoms with Gasteiger partial charge in [0.2, 0.25) is 5.88 Å². The third-order valence-corrected chi connectivity index (χ3v) is 2.82. The Balaban J connectivity index is 2.33. The van der Waals surface area contributed by atoms with Gasteiger partial charge in [0, 0.05) is 18.0 Å². The Bertz CT molecular complexity index is 644. The van der Waals surface area contributed by atoms with E-state index < -0.39 is 11.7 Å². The molecular formula is C13H10ClF3N2O. The van der Waals surface area contributed by atoms with E-state index in [1.54, 1.807) is 25.1 Å². The third-order valence-electron chi connectivity index (χ3n) is 2.55. The first-order chi connectivity index (χ1) is 9.27. The van der Waals surface area contributed by atoms with Gasteiger partial charge in [0.05, 0.1) is 5.56 Å². The lowest BCUT2D eigenvalue weighted by molar-refractivity contribution is -0.137. The average Bonchev–Trinajstić information content (AvgIpc) is 2.35. The number of ether oxygens (including phenoxy) is 1. The number of rotatable bonds is 2. The van der Waals surface area contributed by atoms with Crippen molar-refractivity contribution in [3.63, 3.8) is 0 Å². The number of pyridine rings is 1. The highest BCUT2D eigenvalue weighted by molar-refractivity contribution is 6.31. The van der Waals surface area contributed by atoms with Crippen molar-refractivity contribution in [2.24, 2.45) is 0 Å². The monoisotopic (exact) mass is 302 g/mol. The smallest absolute Gasteiger partial charge is 0.417 e. The summed E-state index contributed by atoms with van der Waals surface area (Å²) in [7, 11) is 0. The predicted octanol–water partition coefficient (Wildman–Crippen LogP) is 4.44. The first-order valence-corrected chi connectivity index (χ1v) is 5.92. The molecule has 3 nitrogen and oxygen atoms in total. The molecule has 106 valence electrons. The van der Waals surface area contributed by atoms with Crippen molar-refractivity contribution in [2.75, 3.05) is 5.73 Å². The van der Waals surface area contributed by atoms with Gasteiger partial charge >= 0.3 is 6.18 Å². The molecule has 0 aliphatic rings. The number of aryl methyl sites for hydroxylation is 1. The standard InChI is InChI=1S/C13H10ClF3N2O/c1-7-2-3-9(18)5-11(7)20-12-10(14)4-8(6-19-12)13(15,16)17/h2-6H,18H2,1H3. The van der Waals surface area contributed by atoms with Crippen molar-refractivity contribution in [3.05, 3.63) is 46.6 Å². The van der Waals surface area contributed by atoms with Crippen molar-refractivity contribution >= 4 is 17.3 Å². The van der Waals surface area contributed by atoms with Gasteiger partial charge in [0.25, 0.3) is 0 Å². The van der Waals surface area contributed by atoms with Crippen LogP contribution in [0.3, 0.4) is 0 Å². The lowest BCUT2D eigenvalue weighted by Gasteiger charge is -2.11. The Morgan fingerprint density at radius 3 is 2.55 bits per heavy atom. The number of alkyl halides is 3. The minimum atomic E-state index is -4.50. The van der Waals surface area contributed by atoms with Gasteiger partial charge in [0.15, 0.2) is 0 Å². The number of nitrogen functional groups attached to an aromatic ring is 1. The zero-order valence-electron chi connectivity index (χ0n) is 10.3. The minimum Gasteiger partial charge on any atom is -0.437 e. The Morgan fingerprint density at radius 1 is 1.25 bits per heavy atom. The molecule has 0 aliphatic heterocycles. The summed E-state index contributed by atoms with van der Waals surface area (Å²) >= 11 is 5.76. The van der Waals surface area contributed by atoms with Crippen LogP contribution in [0, 0.1) is 6.92 Å². The first-order valence-electron chi connectivity index (χ1n) is 5.54. The zero-order valence-corrected chi connectivity index (χ0v) is 11.1. The molecule has 1 aromatic carbocycles. The molecular weight excluding hydrogens is 293 g/mol. The fourth-order valence-corrected chi connectivity index (χ4v) is 1.69. The third kappa shape index (κ3) is 3.14.